The predicted octanol–water partition coefficient (Wildman–Crippen LogP) is 3.94. The van der Waals surface area contributed by atoms with Gasteiger partial charge in [0.05, 0.1) is 18.1 Å². The van der Waals surface area contributed by atoms with Crippen LogP contribution in [0.2, 0.25) is 0 Å². The Hall–Kier alpha value is -1.69. The van der Waals surface area contributed by atoms with Gasteiger partial charge in [0.2, 0.25) is 0 Å². The Morgan fingerprint density at radius 1 is 1.00 bits per heavy atom. The number of hydrogen-bond donors (Lipinski definition) is 0. The first-order valence-corrected chi connectivity index (χ1v) is 9.46. The Labute approximate surface area is 144 Å². The summed E-state index contributed by atoms with van der Waals surface area (Å²) in [7, 11) is -3.69. The van der Waals surface area contributed by atoms with E-state index in [1.165, 1.54) is 0 Å². The van der Waals surface area contributed by atoms with Crippen molar-refractivity contribution in [1.82, 2.24) is 0 Å². The van der Waals surface area contributed by atoms with Crippen molar-refractivity contribution in [3.63, 3.8) is 0 Å². The van der Waals surface area contributed by atoms with Gasteiger partial charge in [-0.1, -0.05) is 55.0 Å². The molecule has 0 spiro atoms. The van der Waals surface area contributed by atoms with E-state index in [0.29, 0.717) is 13.2 Å². The van der Waals surface area contributed by atoms with Crippen molar-refractivity contribution < 1.29 is 17.3 Å². The van der Waals surface area contributed by atoms with E-state index >= 15 is 0 Å². The summed E-state index contributed by atoms with van der Waals surface area (Å²) in [5.74, 6) is 0.0981. The molecule has 2 aromatic carbocycles. The summed E-state index contributed by atoms with van der Waals surface area (Å²) < 4.78 is 35.0. The van der Waals surface area contributed by atoms with Gasteiger partial charge in [-0.2, -0.15) is 8.42 Å². The first kappa shape index (κ1) is 18.6. The summed E-state index contributed by atoms with van der Waals surface area (Å²) in [4.78, 5) is 0.195. The van der Waals surface area contributed by atoms with Crippen molar-refractivity contribution in [2.75, 3.05) is 13.2 Å². The van der Waals surface area contributed by atoms with Crippen molar-refractivity contribution in [2.45, 2.75) is 31.8 Å². The van der Waals surface area contributed by atoms with Gasteiger partial charge in [0.15, 0.2) is 0 Å². The SMILES string of the molecule is Cc1ccc(S(=O)(=O)OCC(C)CCOCc2ccccc2)cc1. The number of ether oxygens (including phenoxy) is 1. The molecule has 2 rings (SSSR count). The molecule has 0 aliphatic heterocycles. The van der Waals surface area contributed by atoms with E-state index in [-0.39, 0.29) is 17.4 Å². The molecule has 0 N–H and O–H groups in total. The van der Waals surface area contributed by atoms with Crippen LogP contribution >= 0.6 is 0 Å². The maximum atomic E-state index is 12.1. The third-order valence-corrected chi connectivity index (χ3v) is 4.98. The summed E-state index contributed by atoms with van der Waals surface area (Å²) in [5.41, 5.74) is 2.14. The fourth-order valence-electron chi connectivity index (χ4n) is 2.11. The average Bonchev–Trinajstić information content (AvgIpc) is 2.58. The predicted molar refractivity (Wildman–Crippen MR) is 94.2 cm³/mol. The Balaban J connectivity index is 1.70. The monoisotopic (exact) mass is 348 g/mol. The zero-order valence-electron chi connectivity index (χ0n) is 14.1. The van der Waals surface area contributed by atoms with E-state index in [0.717, 1.165) is 17.5 Å². The minimum atomic E-state index is -3.69. The normalized spacial score (nSPS) is 12.9. The lowest BCUT2D eigenvalue weighted by Crippen LogP contribution is -2.14. The topological polar surface area (TPSA) is 52.6 Å². The molecule has 1 atom stereocenters. The van der Waals surface area contributed by atoms with Crippen LogP contribution in [0.25, 0.3) is 0 Å². The first-order valence-electron chi connectivity index (χ1n) is 8.05. The second-order valence-corrected chi connectivity index (χ2v) is 7.60. The number of aryl methyl sites for hydroxylation is 1. The molecule has 0 aliphatic rings. The van der Waals surface area contributed by atoms with Gasteiger partial charge in [0, 0.05) is 6.61 Å². The molecule has 0 aliphatic carbocycles. The fourth-order valence-corrected chi connectivity index (χ4v) is 3.13. The minimum Gasteiger partial charge on any atom is -0.377 e. The van der Waals surface area contributed by atoms with Gasteiger partial charge in [-0.25, -0.2) is 0 Å². The van der Waals surface area contributed by atoms with Gasteiger partial charge in [0.25, 0.3) is 10.1 Å². The molecule has 0 amide bonds. The molecule has 1 unspecified atom stereocenters. The third-order valence-electron chi connectivity index (χ3n) is 3.68. The van der Waals surface area contributed by atoms with Crippen LogP contribution in [-0.4, -0.2) is 21.6 Å². The smallest absolute Gasteiger partial charge is 0.296 e. The molecule has 130 valence electrons. The molecule has 0 heterocycles. The van der Waals surface area contributed by atoms with Gasteiger partial charge >= 0.3 is 0 Å². The molecule has 0 aromatic heterocycles. The second kappa shape index (κ2) is 8.97. The van der Waals surface area contributed by atoms with Gasteiger partial charge in [-0.15, -0.1) is 0 Å². The highest BCUT2D eigenvalue weighted by Crippen LogP contribution is 2.15. The highest BCUT2D eigenvalue weighted by Gasteiger charge is 2.16. The molecule has 5 heteroatoms. The summed E-state index contributed by atoms with van der Waals surface area (Å²) in [6, 6.07) is 16.6. The third kappa shape index (κ3) is 6.07. The Kier molecular flexibility index (Phi) is 6.97. The van der Waals surface area contributed by atoms with Crippen LogP contribution < -0.4 is 0 Å². The number of hydrogen-bond acceptors (Lipinski definition) is 4. The molecule has 24 heavy (non-hydrogen) atoms. The second-order valence-electron chi connectivity index (χ2n) is 5.98. The quantitative estimate of drug-likeness (QED) is 0.509. The summed E-state index contributed by atoms with van der Waals surface area (Å²) >= 11 is 0. The molecular formula is C19H24O4S. The van der Waals surface area contributed by atoms with Crippen LogP contribution in [-0.2, 0) is 25.6 Å². The molecule has 0 saturated heterocycles. The van der Waals surface area contributed by atoms with E-state index in [2.05, 4.69) is 0 Å². The molecule has 4 nitrogen and oxygen atoms in total. The standard InChI is InChI=1S/C19H24O4S/c1-16-8-10-19(11-9-16)24(20,21)23-14-17(2)12-13-22-15-18-6-4-3-5-7-18/h3-11,17H,12-15H2,1-2H3. The molecule has 0 radical (unpaired) electrons. The van der Waals surface area contributed by atoms with Gasteiger partial charge in [0.1, 0.15) is 0 Å². The number of rotatable bonds is 9. The van der Waals surface area contributed by atoms with Gasteiger partial charge in [-0.05, 0) is 37.0 Å². The van der Waals surface area contributed by atoms with Crippen LogP contribution in [0.1, 0.15) is 24.5 Å². The summed E-state index contributed by atoms with van der Waals surface area (Å²) in [5, 5.41) is 0. The van der Waals surface area contributed by atoms with Crippen LogP contribution in [0.3, 0.4) is 0 Å². The lowest BCUT2D eigenvalue weighted by molar-refractivity contribution is 0.101. The highest BCUT2D eigenvalue weighted by atomic mass is 32.2. The van der Waals surface area contributed by atoms with Crippen LogP contribution in [0, 0.1) is 12.8 Å². The van der Waals surface area contributed by atoms with E-state index in [1.807, 2.05) is 44.2 Å². The van der Waals surface area contributed by atoms with Crippen LogP contribution in [0.15, 0.2) is 59.5 Å². The summed E-state index contributed by atoms with van der Waals surface area (Å²) in [6.45, 7) is 5.16. The van der Waals surface area contributed by atoms with Crippen LogP contribution in [0.5, 0.6) is 0 Å². The molecule has 0 saturated carbocycles. The molecule has 2 aromatic rings. The largest absolute Gasteiger partial charge is 0.377 e. The van der Waals surface area contributed by atoms with E-state index < -0.39 is 10.1 Å². The van der Waals surface area contributed by atoms with Crippen LogP contribution in [0.4, 0.5) is 0 Å². The summed E-state index contributed by atoms with van der Waals surface area (Å²) in [6.07, 6.45) is 0.746. The van der Waals surface area contributed by atoms with E-state index in [1.54, 1.807) is 24.3 Å². The number of benzene rings is 2. The maximum absolute atomic E-state index is 12.1. The van der Waals surface area contributed by atoms with Crippen molar-refractivity contribution in [2.24, 2.45) is 5.92 Å². The minimum absolute atomic E-state index is 0.0981. The van der Waals surface area contributed by atoms with Crippen molar-refractivity contribution in [1.29, 1.82) is 0 Å². The Morgan fingerprint density at radius 3 is 2.33 bits per heavy atom. The van der Waals surface area contributed by atoms with Gasteiger partial charge in [-0.3, -0.25) is 4.18 Å². The molecule has 0 fully saturated rings. The Bertz CT molecular complexity index is 709. The first-order chi connectivity index (χ1) is 11.5. The molecule has 0 bridgehead atoms. The lowest BCUT2D eigenvalue weighted by Gasteiger charge is -2.12. The lowest BCUT2D eigenvalue weighted by atomic mass is 10.1. The Morgan fingerprint density at radius 2 is 1.67 bits per heavy atom. The average molecular weight is 348 g/mol. The van der Waals surface area contributed by atoms with E-state index in [4.69, 9.17) is 8.92 Å². The zero-order chi connectivity index (χ0) is 17.4. The van der Waals surface area contributed by atoms with Crippen molar-refractivity contribution in [3.05, 3.63) is 65.7 Å². The maximum Gasteiger partial charge on any atom is 0.296 e. The fraction of sp³-hybridized carbons (Fsp3) is 0.368. The van der Waals surface area contributed by atoms with Crippen molar-refractivity contribution >= 4 is 10.1 Å². The highest BCUT2D eigenvalue weighted by molar-refractivity contribution is 7.86. The van der Waals surface area contributed by atoms with E-state index in [9.17, 15) is 8.42 Å². The molecular weight excluding hydrogens is 324 g/mol. The zero-order valence-corrected chi connectivity index (χ0v) is 15.0. The van der Waals surface area contributed by atoms with Gasteiger partial charge < -0.3 is 4.74 Å². The van der Waals surface area contributed by atoms with Crippen molar-refractivity contribution in [3.8, 4) is 0 Å².